The minimum Gasteiger partial charge on any atom is -0.333 e. The molecule has 0 radical (unpaired) electrons. The van der Waals surface area contributed by atoms with Gasteiger partial charge in [0.05, 0.1) is 5.56 Å². The van der Waals surface area contributed by atoms with E-state index in [2.05, 4.69) is 25.8 Å². The number of hydrogen-bond donors (Lipinski definition) is 0. The molecular weight excluding hydrogens is 292 g/mol. The Balaban J connectivity index is 1.88. The number of pyridine rings is 1. The van der Waals surface area contributed by atoms with Crippen molar-refractivity contribution < 1.29 is 4.79 Å². The zero-order chi connectivity index (χ0) is 12.7. The van der Waals surface area contributed by atoms with Gasteiger partial charge in [-0.15, -0.1) is 0 Å². The lowest BCUT2D eigenvalue weighted by Crippen LogP contribution is -2.47. The second kappa shape index (κ2) is 4.65. The molecule has 0 saturated carbocycles. The number of alkyl halides is 1. The van der Waals surface area contributed by atoms with Crippen molar-refractivity contribution in [2.75, 3.05) is 0 Å². The molecule has 96 valence electrons. The molecule has 2 fully saturated rings. The number of carbonyl (C=O) groups is 1. The van der Waals surface area contributed by atoms with E-state index in [4.69, 9.17) is 0 Å². The van der Waals surface area contributed by atoms with E-state index < -0.39 is 0 Å². The second-order valence-corrected chi connectivity index (χ2v) is 6.60. The summed E-state index contributed by atoms with van der Waals surface area (Å²) in [5, 5.41) is 0. The van der Waals surface area contributed by atoms with Gasteiger partial charge in [0.15, 0.2) is 0 Å². The van der Waals surface area contributed by atoms with E-state index in [9.17, 15) is 4.79 Å². The van der Waals surface area contributed by atoms with Crippen molar-refractivity contribution in [3.05, 3.63) is 29.6 Å². The predicted molar refractivity (Wildman–Crippen MR) is 73.9 cm³/mol. The van der Waals surface area contributed by atoms with Gasteiger partial charge in [0, 0.05) is 28.8 Å². The van der Waals surface area contributed by atoms with Gasteiger partial charge < -0.3 is 4.90 Å². The number of halogens is 1. The Morgan fingerprint density at radius 3 is 2.67 bits per heavy atom. The number of amides is 1. The molecular formula is C14H17BrN2O. The van der Waals surface area contributed by atoms with Gasteiger partial charge in [-0.25, -0.2) is 0 Å². The van der Waals surface area contributed by atoms with Crippen LogP contribution in [0.2, 0.25) is 0 Å². The Morgan fingerprint density at radius 1 is 1.39 bits per heavy atom. The van der Waals surface area contributed by atoms with Crippen molar-refractivity contribution >= 4 is 21.8 Å². The van der Waals surface area contributed by atoms with Crippen molar-refractivity contribution in [2.45, 2.75) is 49.5 Å². The summed E-state index contributed by atoms with van der Waals surface area (Å²) >= 11 is 3.71. The molecule has 2 bridgehead atoms. The fourth-order valence-corrected chi connectivity index (χ4v) is 4.15. The van der Waals surface area contributed by atoms with Crippen LogP contribution in [0.15, 0.2) is 18.3 Å². The molecule has 1 aromatic heterocycles. The van der Waals surface area contributed by atoms with Gasteiger partial charge in [-0.05, 0) is 44.7 Å². The molecule has 0 aliphatic carbocycles. The maximum Gasteiger partial charge on any atom is 0.256 e. The predicted octanol–water partition coefficient (Wildman–Crippen LogP) is 2.92. The van der Waals surface area contributed by atoms with Crippen molar-refractivity contribution in [3.8, 4) is 0 Å². The lowest BCUT2D eigenvalue weighted by Gasteiger charge is -2.37. The number of nitrogens with zero attached hydrogens (tertiary/aromatic N) is 2. The molecule has 1 amide bonds. The van der Waals surface area contributed by atoms with E-state index in [1.54, 1.807) is 6.20 Å². The number of carbonyl (C=O) groups excluding carboxylic acids is 1. The van der Waals surface area contributed by atoms with Crippen LogP contribution in [0.25, 0.3) is 0 Å². The summed E-state index contributed by atoms with van der Waals surface area (Å²) in [6.07, 6.45) is 6.21. The van der Waals surface area contributed by atoms with E-state index in [1.807, 2.05) is 19.1 Å². The first-order chi connectivity index (χ1) is 8.66. The fourth-order valence-electron chi connectivity index (χ4n) is 3.29. The van der Waals surface area contributed by atoms with Gasteiger partial charge in [-0.2, -0.15) is 0 Å². The van der Waals surface area contributed by atoms with E-state index >= 15 is 0 Å². The van der Waals surface area contributed by atoms with E-state index in [1.165, 1.54) is 0 Å². The Hall–Kier alpha value is -0.900. The quantitative estimate of drug-likeness (QED) is 0.747. The zero-order valence-electron chi connectivity index (χ0n) is 10.5. The van der Waals surface area contributed by atoms with Crippen LogP contribution in [0.5, 0.6) is 0 Å². The summed E-state index contributed by atoms with van der Waals surface area (Å²) < 4.78 is 0. The molecule has 0 spiro atoms. The maximum atomic E-state index is 12.7. The number of rotatable bonds is 1. The fraction of sp³-hybridized carbons (Fsp3) is 0.571. The van der Waals surface area contributed by atoms with E-state index in [0.717, 1.165) is 36.9 Å². The zero-order valence-corrected chi connectivity index (χ0v) is 12.1. The highest BCUT2D eigenvalue weighted by Crippen LogP contribution is 2.39. The minimum absolute atomic E-state index is 0.174. The molecule has 0 N–H and O–H groups in total. The normalized spacial score (nSPS) is 30.6. The topological polar surface area (TPSA) is 33.2 Å². The van der Waals surface area contributed by atoms with E-state index in [-0.39, 0.29) is 5.91 Å². The SMILES string of the molecule is Cc1ncccc1C(=O)N1C2CCC1CC(Br)C2. The molecule has 1 aromatic rings. The first-order valence-corrected chi connectivity index (χ1v) is 7.46. The summed E-state index contributed by atoms with van der Waals surface area (Å²) in [4.78, 5) is 19.6. The standard InChI is InChI=1S/C14H17BrN2O/c1-9-13(3-2-6-16-9)14(18)17-11-4-5-12(17)8-10(15)7-11/h2-3,6,10-12H,4-5,7-8H2,1H3. The second-order valence-electron chi connectivity index (χ2n) is 5.30. The van der Waals surface area contributed by atoms with Crippen LogP contribution < -0.4 is 0 Å². The first-order valence-electron chi connectivity index (χ1n) is 6.55. The van der Waals surface area contributed by atoms with Crippen LogP contribution in [0.3, 0.4) is 0 Å². The molecule has 2 aliphatic heterocycles. The Bertz CT molecular complexity index is 463. The number of hydrogen-bond acceptors (Lipinski definition) is 2. The van der Waals surface area contributed by atoms with E-state index in [0.29, 0.717) is 16.9 Å². The smallest absolute Gasteiger partial charge is 0.256 e. The molecule has 2 atom stereocenters. The van der Waals surface area contributed by atoms with Crippen molar-refractivity contribution in [1.82, 2.24) is 9.88 Å². The monoisotopic (exact) mass is 308 g/mol. The summed E-state index contributed by atoms with van der Waals surface area (Å²) in [6.45, 7) is 1.91. The third kappa shape index (κ3) is 1.96. The molecule has 3 rings (SSSR count). The number of piperidine rings is 1. The number of aryl methyl sites for hydroxylation is 1. The van der Waals surface area contributed by atoms with Crippen molar-refractivity contribution in [2.24, 2.45) is 0 Å². The molecule has 2 unspecified atom stereocenters. The lowest BCUT2D eigenvalue weighted by atomic mass is 10.0. The van der Waals surface area contributed by atoms with Crippen LogP contribution in [-0.2, 0) is 0 Å². The largest absolute Gasteiger partial charge is 0.333 e. The molecule has 2 saturated heterocycles. The molecule has 3 heterocycles. The Kier molecular flexibility index (Phi) is 3.14. The molecule has 0 aromatic carbocycles. The number of fused-ring (bicyclic) bond motifs is 2. The summed E-state index contributed by atoms with van der Waals surface area (Å²) in [6, 6.07) is 4.57. The van der Waals surface area contributed by atoms with Crippen LogP contribution in [0, 0.1) is 6.92 Å². The van der Waals surface area contributed by atoms with Crippen molar-refractivity contribution in [3.63, 3.8) is 0 Å². The third-order valence-corrected chi connectivity index (χ3v) is 4.90. The molecule has 3 nitrogen and oxygen atoms in total. The van der Waals surface area contributed by atoms with Crippen LogP contribution in [-0.4, -0.2) is 32.7 Å². The summed E-state index contributed by atoms with van der Waals surface area (Å²) in [5.74, 6) is 0.174. The Labute approximate surface area is 116 Å². The van der Waals surface area contributed by atoms with Crippen molar-refractivity contribution in [1.29, 1.82) is 0 Å². The van der Waals surface area contributed by atoms with Crippen LogP contribution in [0.4, 0.5) is 0 Å². The third-order valence-electron chi connectivity index (χ3n) is 4.15. The van der Waals surface area contributed by atoms with Gasteiger partial charge in [0.2, 0.25) is 0 Å². The average Bonchev–Trinajstić information content (AvgIpc) is 2.61. The van der Waals surface area contributed by atoms with Gasteiger partial charge in [-0.3, -0.25) is 9.78 Å². The highest BCUT2D eigenvalue weighted by Gasteiger charge is 2.42. The van der Waals surface area contributed by atoms with Gasteiger partial charge >= 0.3 is 0 Å². The minimum atomic E-state index is 0.174. The lowest BCUT2D eigenvalue weighted by molar-refractivity contribution is 0.0602. The Morgan fingerprint density at radius 2 is 2.06 bits per heavy atom. The molecule has 4 heteroatoms. The number of aromatic nitrogens is 1. The highest BCUT2D eigenvalue weighted by molar-refractivity contribution is 9.09. The highest BCUT2D eigenvalue weighted by atomic mass is 79.9. The maximum absolute atomic E-state index is 12.7. The van der Waals surface area contributed by atoms with Crippen LogP contribution in [0.1, 0.15) is 41.7 Å². The van der Waals surface area contributed by atoms with Gasteiger partial charge in [-0.1, -0.05) is 15.9 Å². The van der Waals surface area contributed by atoms with Gasteiger partial charge in [0.25, 0.3) is 5.91 Å². The summed E-state index contributed by atoms with van der Waals surface area (Å²) in [5.41, 5.74) is 1.60. The van der Waals surface area contributed by atoms with Crippen LogP contribution >= 0.6 is 15.9 Å². The van der Waals surface area contributed by atoms with Gasteiger partial charge in [0.1, 0.15) is 0 Å². The molecule has 2 aliphatic rings. The average molecular weight is 309 g/mol. The first kappa shape index (κ1) is 12.2. The molecule has 18 heavy (non-hydrogen) atoms. The summed E-state index contributed by atoms with van der Waals surface area (Å²) in [7, 11) is 0.